The molecular weight excluding hydrogens is 324 g/mol. The zero-order valence-corrected chi connectivity index (χ0v) is 14.8. The summed E-state index contributed by atoms with van der Waals surface area (Å²) in [4.78, 5) is 4.85. The van der Waals surface area contributed by atoms with Gasteiger partial charge in [0.05, 0.1) is 23.9 Å². The van der Waals surface area contributed by atoms with E-state index in [9.17, 15) is 5.11 Å². The molecule has 0 aliphatic heterocycles. The maximum atomic E-state index is 9.68. The van der Waals surface area contributed by atoms with Crippen molar-refractivity contribution >= 4 is 16.6 Å². The van der Waals surface area contributed by atoms with E-state index in [1.807, 2.05) is 30.3 Å². The second kappa shape index (κ2) is 7.44. The third-order valence-electron chi connectivity index (χ3n) is 5.10. The highest BCUT2D eigenvalue weighted by Crippen LogP contribution is 2.31. The van der Waals surface area contributed by atoms with Gasteiger partial charge >= 0.3 is 0 Å². The van der Waals surface area contributed by atoms with Crippen molar-refractivity contribution in [1.82, 2.24) is 4.98 Å². The van der Waals surface area contributed by atoms with Crippen LogP contribution in [-0.2, 0) is 12.8 Å². The average molecular weight is 348 g/mol. The van der Waals surface area contributed by atoms with E-state index < -0.39 is 6.10 Å². The van der Waals surface area contributed by atoms with Crippen molar-refractivity contribution < 1.29 is 10.2 Å². The Bertz CT molecular complexity index is 923. The van der Waals surface area contributed by atoms with Crippen LogP contribution in [-0.4, -0.2) is 34.5 Å². The Hall–Kier alpha value is -2.43. The van der Waals surface area contributed by atoms with Crippen LogP contribution in [0.4, 0.5) is 5.69 Å². The molecule has 4 rings (SSSR count). The number of hydrogen-bond acceptors (Lipinski definition) is 4. The first-order valence-electron chi connectivity index (χ1n) is 9.29. The summed E-state index contributed by atoms with van der Waals surface area (Å²) in [6, 6.07) is 16.7. The molecule has 1 aliphatic carbocycles. The molecule has 2 aromatic carbocycles. The number of hydrogen-bond donors (Lipinski definition) is 3. The van der Waals surface area contributed by atoms with Crippen molar-refractivity contribution in [1.29, 1.82) is 0 Å². The topological polar surface area (TPSA) is 65.4 Å². The van der Waals surface area contributed by atoms with Crippen molar-refractivity contribution in [2.24, 2.45) is 0 Å². The molecule has 1 aromatic heterocycles. The monoisotopic (exact) mass is 348 g/mol. The minimum absolute atomic E-state index is 0.256. The first kappa shape index (κ1) is 17.0. The van der Waals surface area contributed by atoms with Gasteiger partial charge in [0.1, 0.15) is 0 Å². The maximum Gasteiger partial charge on any atom is 0.0942 e. The number of para-hydroxylation sites is 1. The summed E-state index contributed by atoms with van der Waals surface area (Å²) in [6.45, 7) is 0.0435. The molecule has 1 aliphatic rings. The lowest BCUT2D eigenvalue weighted by Crippen LogP contribution is -2.23. The third-order valence-corrected chi connectivity index (χ3v) is 5.10. The number of pyridine rings is 1. The van der Waals surface area contributed by atoms with Crippen molar-refractivity contribution in [2.45, 2.75) is 31.8 Å². The largest absolute Gasteiger partial charge is 0.394 e. The minimum Gasteiger partial charge on any atom is -0.394 e. The van der Waals surface area contributed by atoms with E-state index in [2.05, 4.69) is 23.5 Å². The third kappa shape index (κ3) is 3.43. The number of anilines is 1. The summed E-state index contributed by atoms with van der Waals surface area (Å²) in [5.74, 6) is 0. The summed E-state index contributed by atoms with van der Waals surface area (Å²) in [7, 11) is 0. The van der Waals surface area contributed by atoms with Gasteiger partial charge in [0.25, 0.3) is 0 Å². The molecule has 0 fully saturated rings. The molecule has 134 valence electrons. The number of nitrogens with zero attached hydrogens (tertiary/aromatic N) is 1. The van der Waals surface area contributed by atoms with Crippen LogP contribution in [0.15, 0.2) is 48.5 Å². The molecule has 1 heterocycles. The van der Waals surface area contributed by atoms with Gasteiger partial charge in [-0.3, -0.25) is 0 Å². The van der Waals surface area contributed by atoms with Crippen LogP contribution in [0.25, 0.3) is 22.2 Å². The number of aliphatic hydroxyl groups excluding tert-OH is 2. The molecular formula is C22H24N2O2. The van der Waals surface area contributed by atoms with Crippen LogP contribution in [0.2, 0.25) is 0 Å². The molecule has 26 heavy (non-hydrogen) atoms. The second-order valence-corrected chi connectivity index (χ2v) is 6.98. The maximum absolute atomic E-state index is 9.68. The van der Waals surface area contributed by atoms with Gasteiger partial charge in [0.15, 0.2) is 0 Å². The highest BCUT2D eigenvalue weighted by Gasteiger charge is 2.13. The number of aryl methyl sites for hydroxylation is 2. The number of nitrogens with one attached hydrogen (secondary N) is 1. The molecule has 4 heteroatoms. The molecule has 0 spiro atoms. The van der Waals surface area contributed by atoms with Crippen molar-refractivity contribution in [3.05, 3.63) is 59.7 Å². The number of fused-ring (bicyclic) bond motifs is 2. The molecule has 3 N–H and O–H groups in total. The summed E-state index contributed by atoms with van der Waals surface area (Å²) in [5.41, 5.74) is 6.80. The predicted octanol–water partition coefficient (Wildman–Crippen LogP) is 3.55. The van der Waals surface area contributed by atoms with Crippen LogP contribution in [0.5, 0.6) is 0 Å². The molecule has 1 atom stereocenters. The molecule has 0 unspecified atom stereocenters. The Morgan fingerprint density at radius 1 is 1.00 bits per heavy atom. The molecule has 0 radical (unpaired) electrons. The van der Waals surface area contributed by atoms with E-state index >= 15 is 0 Å². The zero-order valence-electron chi connectivity index (χ0n) is 14.8. The Balaban J connectivity index is 1.75. The number of benzene rings is 2. The molecule has 4 nitrogen and oxygen atoms in total. The van der Waals surface area contributed by atoms with E-state index in [1.54, 1.807) is 0 Å². The average Bonchev–Trinajstić information content (AvgIpc) is 2.71. The van der Waals surface area contributed by atoms with E-state index in [-0.39, 0.29) is 6.61 Å². The summed E-state index contributed by atoms with van der Waals surface area (Å²) in [5, 5.41) is 23.0. The standard InChI is InChI=1S/C22H24N2O2/c25-14-18(26)13-23-22-12-21(24-20-8-4-3-7-19(20)22)17-10-9-15-5-1-2-6-16(15)11-17/h3-4,7-12,18,25-26H,1-2,5-6,13-14H2,(H,23,24)/t18-/m0/s1. The van der Waals surface area contributed by atoms with E-state index in [0.29, 0.717) is 6.54 Å². The lowest BCUT2D eigenvalue weighted by molar-refractivity contribution is 0.105. The van der Waals surface area contributed by atoms with Crippen molar-refractivity contribution in [2.75, 3.05) is 18.5 Å². The Morgan fingerprint density at radius 3 is 2.65 bits per heavy atom. The molecule has 0 bridgehead atoms. The van der Waals surface area contributed by atoms with Gasteiger partial charge in [-0.15, -0.1) is 0 Å². The molecule has 0 amide bonds. The fraction of sp³-hybridized carbons (Fsp3) is 0.318. The summed E-state index contributed by atoms with van der Waals surface area (Å²) >= 11 is 0. The minimum atomic E-state index is -0.783. The fourth-order valence-corrected chi connectivity index (χ4v) is 3.65. The number of aliphatic hydroxyl groups is 2. The normalized spacial score (nSPS) is 14.8. The predicted molar refractivity (Wildman–Crippen MR) is 105 cm³/mol. The van der Waals surface area contributed by atoms with Crippen LogP contribution < -0.4 is 5.32 Å². The smallest absolute Gasteiger partial charge is 0.0942 e. The Labute approximate surface area is 153 Å². The lowest BCUT2D eigenvalue weighted by atomic mass is 9.90. The highest BCUT2D eigenvalue weighted by molar-refractivity contribution is 5.93. The van der Waals surface area contributed by atoms with E-state index in [0.717, 1.165) is 34.3 Å². The number of aromatic nitrogens is 1. The van der Waals surface area contributed by atoms with Crippen LogP contribution in [0.1, 0.15) is 24.0 Å². The summed E-state index contributed by atoms with van der Waals surface area (Å²) in [6.07, 6.45) is 4.07. The van der Waals surface area contributed by atoms with Gasteiger partial charge in [0, 0.05) is 23.2 Å². The van der Waals surface area contributed by atoms with Gasteiger partial charge in [-0.25, -0.2) is 4.98 Å². The van der Waals surface area contributed by atoms with Gasteiger partial charge in [0.2, 0.25) is 0 Å². The SMILES string of the molecule is OC[C@@H](O)CNc1cc(-c2ccc3c(c2)CCCC3)nc2ccccc12. The molecule has 3 aromatic rings. The molecule has 0 saturated heterocycles. The van der Waals surface area contributed by atoms with Crippen molar-refractivity contribution in [3.8, 4) is 11.3 Å². The lowest BCUT2D eigenvalue weighted by Gasteiger charge is -2.17. The van der Waals surface area contributed by atoms with Gasteiger partial charge in [-0.05, 0) is 55.0 Å². The van der Waals surface area contributed by atoms with Gasteiger partial charge in [-0.1, -0.05) is 30.3 Å². The molecule has 0 saturated carbocycles. The zero-order chi connectivity index (χ0) is 17.9. The van der Waals surface area contributed by atoms with E-state index in [4.69, 9.17) is 10.1 Å². The van der Waals surface area contributed by atoms with Crippen molar-refractivity contribution in [3.63, 3.8) is 0 Å². The Morgan fingerprint density at radius 2 is 1.81 bits per heavy atom. The highest BCUT2D eigenvalue weighted by atomic mass is 16.3. The van der Waals surface area contributed by atoms with E-state index in [1.165, 1.54) is 30.4 Å². The Kier molecular flexibility index (Phi) is 4.87. The quantitative estimate of drug-likeness (QED) is 0.660. The van der Waals surface area contributed by atoms with Crippen LogP contribution in [0, 0.1) is 0 Å². The first-order valence-corrected chi connectivity index (χ1v) is 9.29. The first-order chi connectivity index (χ1) is 12.7. The van der Waals surface area contributed by atoms with Gasteiger partial charge < -0.3 is 15.5 Å². The second-order valence-electron chi connectivity index (χ2n) is 6.98. The van der Waals surface area contributed by atoms with Gasteiger partial charge in [-0.2, -0.15) is 0 Å². The van der Waals surface area contributed by atoms with Crippen LogP contribution in [0.3, 0.4) is 0 Å². The number of rotatable bonds is 5. The fourth-order valence-electron chi connectivity index (χ4n) is 3.65. The van der Waals surface area contributed by atoms with Crippen LogP contribution >= 0.6 is 0 Å². The summed E-state index contributed by atoms with van der Waals surface area (Å²) < 4.78 is 0.